The van der Waals surface area contributed by atoms with Crippen molar-refractivity contribution in [2.75, 3.05) is 20.1 Å². The molecule has 0 aliphatic heterocycles. The van der Waals surface area contributed by atoms with Gasteiger partial charge in [-0.05, 0) is 55.5 Å². The van der Waals surface area contributed by atoms with Crippen LogP contribution in [0.4, 0.5) is 0 Å². The van der Waals surface area contributed by atoms with Crippen molar-refractivity contribution in [1.29, 1.82) is 0 Å². The van der Waals surface area contributed by atoms with Crippen LogP contribution in [0, 0.1) is 11.3 Å². The molecule has 0 unspecified atom stereocenters. The molecule has 2 N–H and O–H groups in total. The molecule has 3 nitrogen and oxygen atoms in total. The molecule has 1 saturated carbocycles. The van der Waals surface area contributed by atoms with E-state index in [2.05, 4.69) is 36.0 Å². The van der Waals surface area contributed by atoms with Crippen molar-refractivity contribution in [3.63, 3.8) is 0 Å². The lowest BCUT2D eigenvalue weighted by molar-refractivity contribution is 0.105. The van der Waals surface area contributed by atoms with Crippen LogP contribution in [0.2, 0.25) is 0 Å². The van der Waals surface area contributed by atoms with Gasteiger partial charge in [0.25, 0.3) is 0 Å². The molecule has 1 heterocycles. The molecular weight excluding hydrogens is 234 g/mol. The van der Waals surface area contributed by atoms with Gasteiger partial charge in [-0.25, -0.2) is 0 Å². The van der Waals surface area contributed by atoms with Gasteiger partial charge in [0.05, 0.1) is 0 Å². The molecule has 2 rings (SSSR count). The normalized spacial score (nSPS) is 27.7. The Morgan fingerprint density at radius 1 is 1.32 bits per heavy atom. The van der Waals surface area contributed by atoms with Crippen molar-refractivity contribution in [2.45, 2.75) is 39.2 Å². The van der Waals surface area contributed by atoms with Crippen molar-refractivity contribution < 1.29 is 0 Å². The van der Waals surface area contributed by atoms with E-state index in [1.54, 1.807) is 0 Å². The van der Waals surface area contributed by atoms with Gasteiger partial charge in [-0.3, -0.25) is 4.98 Å². The molecule has 0 aromatic carbocycles. The van der Waals surface area contributed by atoms with Crippen molar-refractivity contribution in [3.05, 3.63) is 30.1 Å². The predicted molar refractivity (Wildman–Crippen MR) is 79.7 cm³/mol. The van der Waals surface area contributed by atoms with Gasteiger partial charge in [0.2, 0.25) is 0 Å². The fourth-order valence-corrected chi connectivity index (χ4v) is 3.23. The third kappa shape index (κ3) is 4.02. The summed E-state index contributed by atoms with van der Waals surface area (Å²) in [6, 6.07) is 4.18. The average Bonchev–Trinajstić information content (AvgIpc) is 2.43. The second-order valence-electron chi connectivity index (χ2n) is 6.41. The van der Waals surface area contributed by atoms with Crippen molar-refractivity contribution >= 4 is 0 Å². The SMILES string of the molecule is CC1CCC(CN)(CN(C)Cc2ccncc2)CC1. The van der Waals surface area contributed by atoms with E-state index in [4.69, 9.17) is 5.73 Å². The van der Waals surface area contributed by atoms with E-state index >= 15 is 0 Å². The quantitative estimate of drug-likeness (QED) is 0.886. The number of pyridine rings is 1. The van der Waals surface area contributed by atoms with Crippen LogP contribution < -0.4 is 5.73 Å². The van der Waals surface area contributed by atoms with Gasteiger partial charge in [-0.15, -0.1) is 0 Å². The number of rotatable bonds is 5. The van der Waals surface area contributed by atoms with Gasteiger partial charge in [0.1, 0.15) is 0 Å². The molecule has 0 saturated heterocycles. The number of aromatic nitrogens is 1. The van der Waals surface area contributed by atoms with Crippen LogP contribution >= 0.6 is 0 Å². The van der Waals surface area contributed by atoms with E-state index in [-0.39, 0.29) is 0 Å². The Morgan fingerprint density at radius 3 is 2.53 bits per heavy atom. The summed E-state index contributed by atoms with van der Waals surface area (Å²) in [5, 5.41) is 0. The van der Waals surface area contributed by atoms with E-state index in [1.807, 2.05) is 12.4 Å². The Kier molecular flexibility index (Phi) is 4.94. The minimum absolute atomic E-state index is 0.342. The van der Waals surface area contributed by atoms with Crippen LogP contribution in [0.5, 0.6) is 0 Å². The van der Waals surface area contributed by atoms with Gasteiger partial charge in [0.15, 0.2) is 0 Å². The highest BCUT2D eigenvalue weighted by atomic mass is 15.1. The Morgan fingerprint density at radius 2 is 1.95 bits per heavy atom. The number of nitrogens with two attached hydrogens (primary N) is 1. The van der Waals surface area contributed by atoms with E-state index in [1.165, 1.54) is 31.2 Å². The van der Waals surface area contributed by atoms with E-state index in [0.717, 1.165) is 25.6 Å². The zero-order chi connectivity index (χ0) is 13.7. The van der Waals surface area contributed by atoms with Crippen molar-refractivity contribution in [1.82, 2.24) is 9.88 Å². The van der Waals surface area contributed by atoms with Gasteiger partial charge >= 0.3 is 0 Å². The molecule has 19 heavy (non-hydrogen) atoms. The Balaban J connectivity index is 1.91. The first-order valence-electron chi connectivity index (χ1n) is 7.41. The molecule has 0 spiro atoms. The standard InChI is InChI=1S/C16H27N3/c1-14-3-7-16(12-17,8-4-14)13-19(2)11-15-5-9-18-10-6-15/h5-6,9-10,14H,3-4,7-8,11-13,17H2,1-2H3. The highest BCUT2D eigenvalue weighted by molar-refractivity contribution is 5.09. The molecule has 1 fully saturated rings. The van der Waals surface area contributed by atoms with E-state index in [9.17, 15) is 0 Å². The lowest BCUT2D eigenvalue weighted by Gasteiger charge is -2.41. The minimum Gasteiger partial charge on any atom is -0.330 e. The van der Waals surface area contributed by atoms with Crippen molar-refractivity contribution in [3.8, 4) is 0 Å². The highest BCUT2D eigenvalue weighted by Gasteiger charge is 2.33. The van der Waals surface area contributed by atoms with Crippen LogP contribution in [-0.2, 0) is 6.54 Å². The summed E-state index contributed by atoms with van der Waals surface area (Å²) in [5.74, 6) is 0.880. The number of hydrogen-bond donors (Lipinski definition) is 1. The molecule has 0 amide bonds. The van der Waals surface area contributed by atoms with Crippen LogP contribution in [0.3, 0.4) is 0 Å². The summed E-state index contributed by atoms with van der Waals surface area (Å²) >= 11 is 0. The summed E-state index contributed by atoms with van der Waals surface area (Å²) in [5.41, 5.74) is 7.76. The van der Waals surface area contributed by atoms with Crippen LogP contribution in [0.15, 0.2) is 24.5 Å². The second kappa shape index (κ2) is 6.49. The summed E-state index contributed by atoms with van der Waals surface area (Å²) in [4.78, 5) is 6.48. The van der Waals surface area contributed by atoms with Gasteiger partial charge < -0.3 is 10.6 Å². The number of hydrogen-bond acceptors (Lipinski definition) is 3. The minimum atomic E-state index is 0.342. The Bertz CT molecular complexity index is 369. The second-order valence-corrected chi connectivity index (χ2v) is 6.41. The third-order valence-corrected chi connectivity index (χ3v) is 4.58. The van der Waals surface area contributed by atoms with Gasteiger partial charge in [0, 0.05) is 25.5 Å². The molecule has 1 aliphatic carbocycles. The molecule has 0 atom stereocenters. The maximum atomic E-state index is 6.09. The monoisotopic (exact) mass is 261 g/mol. The molecule has 3 heteroatoms. The van der Waals surface area contributed by atoms with Crippen LogP contribution in [0.1, 0.15) is 38.2 Å². The predicted octanol–water partition coefficient (Wildman–Crippen LogP) is 2.67. The smallest absolute Gasteiger partial charge is 0.0271 e. The largest absolute Gasteiger partial charge is 0.330 e. The van der Waals surface area contributed by atoms with Crippen LogP contribution in [-0.4, -0.2) is 30.0 Å². The summed E-state index contributed by atoms with van der Waals surface area (Å²) in [6.07, 6.45) is 8.96. The Labute approximate surface area is 117 Å². The third-order valence-electron chi connectivity index (χ3n) is 4.58. The van der Waals surface area contributed by atoms with Crippen molar-refractivity contribution in [2.24, 2.45) is 17.1 Å². The lowest BCUT2D eigenvalue weighted by atomic mass is 9.70. The molecule has 1 aromatic heterocycles. The summed E-state index contributed by atoms with van der Waals surface area (Å²) in [7, 11) is 2.20. The maximum Gasteiger partial charge on any atom is 0.0271 e. The van der Waals surface area contributed by atoms with Gasteiger partial charge in [-0.1, -0.05) is 19.8 Å². The Hall–Kier alpha value is -0.930. The van der Waals surface area contributed by atoms with E-state index in [0.29, 0.717) is 5.41 Å². The highest BCUT2D eigenvalue weighted by Crippen LogP contribution is 2.38. The first-order chi connectivity index (χ1) is 9.13. The fraction of sp³-hybridized carbons (Fsp3) is 0.688. The first kappa shape index (κ1) is 14.5. The topological polar surface area (TPSA) is 42.1 Å². The number of nitrogens with zero attached hydrogens (tertiary/aromatic N) is 2. The lowest BCUT2D eigenvalue weighted by Crippen LogP contribution is -2.43. The van der Waals surface area contributed by atoms with Gasteiger partial charge in [-0.2, -0.15) is 0 Å². The van der Waals surface area contributed by atoms with E-state index < -0.39 is 0 Å². The zero-order valence-electron chi connectivity index (χ0n) is 12.3. The fourth-order valence-electron chi connectivity index (χ4n) is 3.23. The first-order valence-corrected chi connectivity index (χ1v) is 7.41. The molecule has 106 valence electrons. The zero-order valence-corrected chi connectivity index (χ0v) is 12.3. The molecular formula is C16H27N3. The summed E-state index contributed by atoms with van der Waals surface area (Å²) < 4.78 is 0. The molecule has 0 radical (unpaired) electrons. The summed E-state index contributed by atoms with van der Waals surface area (Å²) in [6.45, 7) is 5.28. The average molecular weight is 261 g/mol. The maximum absolute atomic E-state index is 6.09. The molecule has 1 aliphatic rings. The molecule has 0 bridgehead atoms. The van der Waals surface area contributed by atoms with Crippen LogP contribution in [0.25, 0.3) is 0 Å². The molecule has 1 aromatic rings.